The van der Waals surface area contributed by atoms with Gasteiger partial charge in [0.05, 0.1) is 17.9 Å². The van der Waals surface area contributed by atoms with Crippen molar-refractivity contribution in [2.45, 2.75) is 13.0 Å². The molecule has 124 valence electrons. The molecule has 0 aliphatic rings. The Morgan fingerprint density at radius 3 is 2.79 bits per heavy atom. The van der Waals surface area contributed by atoms with Gasteiger partial charge in [-0.05, 0) is 47.0 Å². The van der Waals surface area contributed by atoms with Crippen molar-refractivity contribution in [3.63, 3.8) is 0 Å². The second-order valence-electron chi connectivity index (χ2n) is 5.32. The predicted octanol–water partition coefficient (Wildman–Crippen LogP) is 2.84. The molecule has 0 amide bonds. The maximum atomic E-state index is 4.58. The summed E-state index contributed by atoms with van der Waals surface area (Å²) in [5.74, 6) is 0.791. The zero-order valence-corrected chi connectivity index (χ0v) is 14.5. The lowest BCUT2D eigenvalue weighted by molar-refractivity contribution is 0.763. The van der Waals surface area contributed by atoms with Crippen molar-refractivity contribution >= 4 is 17.3 Å². The highest BCUT2D eigenvalue weighted by Crippen LogP contribution is 2.07. The third kappa shape index (κ3) is 4.45. The van der Waals surface area contributed by atoms with E-state index in [-0.39, 0.29) is 0 Å². The van der Waals surface area contributed by atoms with Gasteiger partial charge in [-0.2, -0.15) is 16.4 Å². The minimum atomic E-state index is 0.637. The Kier molecular flexibility index (Phi) is 5.63. The zero-order valence-electron chi connectivity index (χ0n) is 13.6. The topological polar surface area (TPSA) is 54.2 Å². The maximum absolute atomic E-state index is 4.58. The molecule has 0 atom stereocenters. The van der Waals surface area contributed by atoms with Gasteiger partial charge in [-0.1, -0.05) is 18.2 Å². The van der Waals surface area contributed by atoms with Crippen molar-refractivity contribution in [1.82, 2.24) is 20.4 Å². The number of aliphatic imine (C=N–C) groups is 1. The molecule has 0 unspecified atom stereocenters. The van der Waals surface area contributed by atoms with Gasteiger partial charge in [0.1, 0.15) is 0 Å². The van der Waals surface area contributed by atoms with Crippen LogP contribution in [0, 0.1) is 0 Å². The number of nitrogens with zero attached hydrogens (tertiary/aromatic N) is 3. The Hall–Kier alpha value is -2.60. The van der Waals surface area contributed by atoms with E-state index in [9.17, 15) is 0 Å². The molecule has 0 radical (unpaired) electrons. The lowest BCUT2D eigenvalue weighted by Crippen LogP contribution is -2.37. The minimum Gasteiger partial charge on any atom is -0.356 e. The molecule has 2 N–H and O–H groups in total. The molecule has 3 aromatic rings. The Labute approximate surface area is 146 Å². The molecule has 0 fully saturated rings. The van der Waals surface area contributed by atoms with Crippen LogP contribution in [0.2, 0.25) is 0 Å². The fourth-order valence-electron chi connectivity index (χ4n) is 2.34. The summed E-state index contributed by atoms with van der Waals surface area (Å²) in [5, 5.41) is 15.5. The quantitative estimate of drug-likeness (QED) is 0.536. The molecule has 0 saturated carbocycles. The van der Waals surface area contributed by atoms with Crippen molar-refractivity contribution < 1.29 is 0 Å². The van der Waals surface area contributed by atoms with E-state index in [4.69, 9.17) is 0 Å². The van der Waals surface area contributed by atoms with Crippen LogP contribution in [-0.4, -0.2) is 29.3 Å². The number of aromatic nitrogens is 2. The number of benzene rings is 1. The highest BCUT2D eigenvalue weighted by Gasteiger charge is 2.03. The second kappa shape index (κ2) is 8.31. The summed E-state index contributed by atoms with van der Waals surface area (Å²) in [7, 11) is 1.78. The van der Waals surface area contributed by atoms with Gasteiger partial charge < -0.3 is 10.6 Å². The Morgan fingerprint density at radius 1 is 1.17 bits per heavy atom. The van der Waals surface area contributed by atoms with Gasteiger partial charge in [0.2, 0.25) is 0 Å². The van der Waals surface area contributed by atoms with Crippen LogP contribution in [-0.2, 0) is 13.0 Å². The SMILES string of the molecule is CN=C(NCCc1ccsc1)NCc1ccn(-c2ccccc2)n1. The molecule has 2 aromatic heterocycles. The molecule has 2 heterocycles. The first-order chi connectivity index (χ1) is 11.8. The van der Waals surface area contributed by atoms with Crippen LogP contribution in [0.4, 0.5) is 0 Å². The Balaban J connectivity index is 1.48. The largest absolute Gasteiger partial charge is 0.356 e. The van der Waals surface area contributed by atoms with E-state index in [2.05, 4.69) is 37.6 Å². The highest BCUT2D eigenvalue weighted by atomic mass is 32.1. The van der Waals surface area contributed by atoms with Crippen LogP contribution < -0.4 is 10.6 Å². The summed E-state index contributed by atoms with van der Waals surface area (Å²) in [6, 6.07) is 14.3. The average Bonchev–Trinajstić information content (AvgIpc) is 3.30. The molecule has 0 aliphatic heterocycles. The summed E-state index contributed by atoms with van der Waals surface area (Å²) >= 11 is 1.73. The van der Waals surface area contributed by atoms with Gasteiger partial charge in [0.15, 0.2) is 5.96 Å². The van der Waals surface area contributed by atoms with E-state index in [0.29, 0.717) is 6.54 Å². The summed E-state index contributed by atoms with van der Waals surface area (Å²) < 4.78 is 1.88. The van der Waals surface area contributed by atoms with Crippen molar-refractivity contribution in [1.29, 1.82) is 0 Å². The van der Waals surface area contributed by atoms with Crippen LogP contribution in [0.15, 0.2) is 64.4 Å². The van der Waals surface area contributed by atoms with Crippen LogP contribution in [0.5, 0.6) is 0 Å². The van der Waals surface area contributed by atoms with E-state index in [1.54, 1.807) is 18.4 Å². The fraction of sp³-hybridized carbons (Fsp3) is 0.222. The molecule has 0 saturated heterocycles. The van der Waals surface area contributed by atoms with E-state index in [0.717, 1.165) is 30.3 Å². The number of hydrogen-bond donors (Lipinski definition) is 2. The van der Waals surface area contributed by atoms with Crippen LogP contribution in [0.3, 0.4) is 0 Å². The first-order valence-corrected chi connectivity index (χ1v) is 8.85. The lowest BCUT2D eigenvalue weighted by Gasteiger charge is -2.10. The van der Waals surface area contributed by atoms with E-state index >= 15 is 0 Å². The maximum Gasteiger partial charge on any atom is 0.191 e. The summed E-state index contributed by atoms with van der Waals surface area (Å²) in [4.78, 5) is 4.25. The van der Waals surface area contributed by atoms with Crippen LogP contribution in [0.25, 0.3) is 5.69 Å². The van der Waals surface area contributed by atoms with Gasteiger partial charge in [0, 0.05) is 19.8 Å². The standard InChI is InChI=1S/C18H21N5S/c1-19-18(20-10-7-15-9-12-24-14-15)21-13-16-8-11-23(22-16)17-5-3-2-4-6-17/h2-6,8-9,11-12,14H,7,10,13H2,1H3,(H2,19,20,21). The number of guanidine groups is 1. The fourth-order valence-corrected chi connectivity index (χ4v) is 3.04. The average molecular weight is 339 g/mol. The first-order valence-electron chi connectivity index (χ1n) is 7.91. The third-order valence-electron chi connectivity index (χ3n) is 3.61. The molecule has 0 aliphatic carbocycles. The number of nitrogens with one attached hydrogen (secondary N) is 2. The monoisotopic (exact) mass is 339 g/mol. The molecule has 6 heteroatoms. The van der Waals surface area contributed by atoms with E-state index in [1.807, 2.05) is 47.3 Å². The third-order valence-corrected chi connectivity index (χ3v) is 4.34. The van der Waals surface area contributed by atoms with Gasteiger partial charge >= 0.3 is 0 Å². The number of rotatable bonds is 6. The van der Waals surface area contributed by atoms with Gasteiger partial charge in [-0.3, -0.25) is 4.99 Å². The second-order valence-corrected chi connectivity index (χ2v) is 6.10. The van der Waals surface area contributed by atoms with Crippen molar-refractivity contribution in [2.24, 2.45) is 4.99 Å². The number of para-hydroxylation sites is 1. The normalized spacial score (nSPS) is 11.5. The van der Waals surface area contributed by atoms with Crippen LogP contribution in [0.1, 0.15) is 11.3 Å². The number of hydrogen-bond acceptors (Lipinski definition) is 3. The molecule has 0 bridgehead atoms. The molecule has 1 aromatic carbocycles. The predicted molar refractivity (Wildman–Crippen MR) is 99.8 cm³/mol. The molecule has 5 nitrogen and oxygen atoms in total. The highest BCUT2D eigenvalue weighted by molar-refractivity contribution is 7.07. The molecule has 3 rings (SSSR count). The molecular weight excluding hydrogens is 318 g/mol. The number of thiophene rings is 1. The Morgan fingerprint density at radius 2 is 2.04 bits per heavy atom. The molecular formula is C18H21N5S. The lowest BCUT2D eigenvalue weighted by atomic mass is 10.2. The molecule has 24 heavy (non-hydrogen) atoms. The van der Waals surface area contributed by atoms with Gasteiger partial charge in [0.25, 0.3) is 0 Å². The summed E-state index contributed by atoms with van der Waals surface area (Å²) in [5.41, 5.74) is 3.38. The van der Waals surface area contributed by atoms with Gasteiger partial charge in [-0.25, -0.2) is 4.68 Å². The minimum absolute atomic E-state index is 0.637. The van der Waals surface area contributed by atoms with Gasteiger partial charge in [-0.15, -0.1) is 0 Å². The first kappa shape index (κ1) is 16.3. The van der Waals surface area contributed by atoms with Crippen LogP contribution >= 0.6 is 11.3 Å². The zero-order chi connectivity index (χ0) is 16.6. The van der Waals surface area contributed by atoms with E-state index in [1.165, 1.54) is 5.56 Å². The van der Waals surface area contributed by atoms with Crippen molar-refractivity contribution in [3.8, 4) is 5.69 Å². The smallest absolute Gasteiger partial charge is 0.191 e. The summed E-state index contributed by atoms with van der Waals surface area (Å²) in [6.45, 7) is 1.49. The van der Waals surface area contributed by atoms with E-state index < -0.39 is 0 Å². The van der Waals surface area contributed by atoms with Crippen molar-refractivity contribution in [2.75, 3.05) is 13.6 Å². The van der Waals surface area contributed by atoms with Crippen molar-refractivity contribution in [3.05, 3.63) is 70.7 Å². The molecule has 0 spiro atoms. The Bertz CT molecular complexity index is 762. The summed E-state index contributed by atoms with van der Waals surface area (Å²) in [6.07, 6.45) is 2.96.